The molecule has 4 aromatic rings. The molecule has 0 fully saturated rings. The lowest BCUT2D eigenvalue weighted by atomic mass is 9.89. The van der Waals surface area contributed by atoms with Gasteiger partial charge in [-0.2, -0.15) is 4.37 Å². The third-order valence-electron chi connectivity index (χ3n) is 5.53. The van der Waals surface area contributed by atoms with E-state index in [0.717, 1.165) is 22.4 Å². The lowest BCUT2D eigenvalue weighted by Crippen LogP contribution is -2.28. The van der Waals surface area contributed by atoms with Gasteiger partial charge in [-0.15, -0.1) is 0 Å². The van der Waals surface area contributed by atoms with Gasteiger partial charge < -0.3 is 5.73 Å². The molecule has 6 nitrogen and oxygen atoms in total. The fourth-order valence-electron chi connectivity index (χ4n) is 3.96. The summed E-state index contributed by atoms with van der Waals surface area (Å²) in [4.78, 5) is 30.6. The zero-order valence-electron chi connectivity index (χ0n) is 17.8. The molecule has 2 N–H and O–H groups in total. The van der Waals surface area contributed by atoms with Gasteiger partial charge in [-0.05, 0) is 49.0 Å². The number of aromatic nitrogens is 3. The van der Waals surface area contributed by atoms with E-state index in [1.807, 2.05) is 63.2 Å². The second-order valence-electron chi connectivity index (χ2n) is 7.71. The Morgan fingerprint density at radius 1 is 1.16 bits per heavy atom. The minimum atomic E-state index is -0.486. The predicted octanol–water partition coefficient (Wildman–Crippen LogP) is 4.16. The monoisotopic (exact) mass is 432 g/mol. The van der Waals surface area contributed by atoms with Crippen molar-refractivity contribution in [1.29, 1.82) is 0 Å². The van der Waals surface area contributed by atoms with E-state index in [1.54, 1.807) is 10.6 Å². The quantitative estimate of drug-likeness (QED) is 0.495. The third kappa shape index (κ3) is 3.88. The summed E-state index contributed by atoms with van der Waals surface area (Å²) in [5.74, 6) is -0.123. The van der Waals surface area contributed by atoms with Gasteiger partial charge >= 0.3 is 0 Å². The molecule has 2 aromatic heterocycles. The number of primary amides is 1. The zero-order valence-corrected chi connectivity index (χ0v) is 18.6. The average molecular weight is 433 g/mol. The number of nitrogens with zero attached hydrogens (tertiary/aromatic N) is 3. The van der Waals surface area contributed by atoms with Crippen LogP contribution in [0.4, 0.5) is 0 Å². The standard InChI is InChI=1S/C24H24N4O2S/c1-4-17(19-12-14(2)10-11-18(19)22(25)29)23-26-20-15(3)27-31-21(20)24(30)28(23)13-16-8-6-5-7-9-16/h5-12,17H,4,13H2,1-3H3,(H2,25,29). The maximum absolute atomic E-state index is 13.5. The third-order valence-corrected chi connectivity index (χ3v) is 6.44. The van der Waals surface area contributed by atoms with Crippen molar-refractivity contribution in [2.45, 2.75) is 39.7 Å². The molecular formula is C24H24N4O2S. The van der Waals surface area contributed by atoms with Crippen molar-refractivity contribution in [1.82, 2.24) is 13.9 Å². The van der Waals surface area contributed by atoms with Gasteiger partial charge in [0.1, 0.15) is 16.0 Å². The van der Waals surface area contributed by atoms with Crippen LogP contribution in [0.15, 0.2) is 53.3 Å². The Morgan fingerprint density at radius 2 is 1.90 bits per heavy atom. The minimum Gasteiger partial charge on any atom is -0.366 e. The summed E-state index contributed by atoms with van der Waals surface area (Å²) in [5.41, 5.74) is 10.2. The molecule has 31 heavy (non-hydrogen) atoms. The minimum absolute atomic E-state index is 0.110. The number of rotatable bonds is 6. The first-order chi connectivity index (χ1) is 14.9. The van der Waals surface area contributed by atoms with Crippen LogP contribution in [0.25, 0.3) is 10.2 Å². The van der Waals surface area contributed by atoms with Gasteiger partial charge in [0.2, 0.25) is 5.91 Å². The van der Waals surface area contributed by atoms with Crippen LogP contribution in [0.5, 0.6) is 0 Å². The highest BCUT2D eigenvalue weighted by molar-refractivity contribution is 7.13. The number of benzene rings is 2. The first-order valence-corrected chi connectivity index (χ1v) is 11.0. The van der Waals surface area contributed by atoms with Crippen molar-refractivity contribution in [2.75, 3.05) is 0 Å². The van der Waals surface area contributed by atoms with Gasteiger partial charge in [0.05, 0.1) is 12.2 Å². The van der Waals surface area contributed by atoms with Crippen LogP contribution in [0.1, 0.15) is 57.8 Å². The number of hydrogen-bond donors (Lipinski definition) is 1. The smallest absolute Gasteiger partial charge is 0.273 e. The Labute approximate surface area is 184 Å². The lowest BCUT2D eigenvalue weighted by Gasteiger charge is -2.22. The molecule has 0 bridgehead atoms. The van der Waals surface area contributed by atoms with Crippen molar-refractivity contribution in [3.8, 4) is 0 Å². The molecule has 0 aliphatic rings. The normalized spacial score (nSPS) is 12.2. The highest BCUT2D eigenvalue weighted by Gasteiger charge is 2.25. The largest absolute Gasteiger partial charge is 0.366 e. The second kappa shape index (κ2) is 8.43. The van der Waals surface area contributed by atoms with Gasteiger partial charge in [-0.1, -0.05) is 55.0 Å². The van der Waals surface area contributed by atoms with Crippen LogP contribution in [0, 0.1) is 13.8 Å². The van der Waals surface area contributed by atoms with E-state index >= 15 is 0 Å². The van der Waals surface area contributed by atoms with Gasteiger partial charge in [0, 0.05) is 11.5 Å². The SMILES string of the molecule is CCC(c1cc(C)ccc1C(N)=O)c1nc2c(C)nsc2c(=O)n1Cc1ccccc1. The highest BCUT2D eigenvalue weighted by atomic mass is 32.1. The van der Waals surface area contributed by atoms with E-state index in [1.165, 1.54) is 11.5 Å². The van der Waals surface area contributed by atoms with Gasteiger partial charge in [-0.25, -0.2) is 4.98 Å². The molecule has 158 valence electrons. The molecule has 0 saturated carbocycles. The summed E-state index contributed by atoms with van der Waals surface area (Å²) < 4.78 is 6.62. The van der Waals surface area contributed by atoms with Crippen molar-refractivity contribution in [3.63, 3.8) is 0 Å². The van der Waals surface area contributed by atoms with Crippen molar-refractivity contribution < 1.29 is 4.79 Å². The molecule has 0 aliphatic carbocycles. The second-order valence-corrected chi connectivity index (χ2v) is 8.48. The van der Waals surface area contributed by atoms with E-state index < -0.39 is 5.91 Å². The number of hydrogen-bond acceptors (Lipinski definition) is 5. The van der Waals surface area contributed by atoms with E-state index in [9.17, 15) is 9.59 Å². The van der Waals surface area contributed by atoms with Crippen LogP contribution >= 0.6 is 11.5 Å². The molecule has 1 amide bonds. The summed E-state index contributed by atoms with van der Waals surface area (Å²) in [6.07, 6.45) is 0.660. The molecule has 7 heteroatoms. The summed E-state index contributed by atoms with van der Waals surface area (Å²) in [5, 5.41) is 0. The van der Waals surface area contributed by atoms with E-state index in [4.69, 9.17) is 10.7 Å². The molecule has 0 aliphatic heterocycles. The van der Waals surface area contributed by atoms with Crippen LogP contribution < -0.4 is 11.3 Å². The Hall–Kier alpha value is -3.32. The molecule has 2 aromatic carbocycles. The van der Waals surface area contributed by atoms with Crippen LogP contribution in [0.2, 0.25) is 0 Å². The molecule has 0 radical (unpaired) electrons. The molecule has 1 atom stereocenters. The van der Waals surface area contributed by atoms with E-state index in [-0.39, 0.29) is 11.5 Å². The summed E-state index contributed by atoms with van der Waals surface area (Å²) >= 11 is 1.18. The summed E-state index contributed by atoms with van der Waals surface area (Å²) in [7, 11) is 0. The van der Waals surface area contributed by atoms with Crippen LogP contribution in [-0.4, -0.2) is 19.8 Å². The first-order valence-electron chi connectivity index (χ1n) is 10.2. The maximum Gasteiger partial charge on any atom is 0.273 e. The number of carbonyl (C=O) groups excluding carboxylic acids is 1. The van der Waals surface area contributed by atoms with Gasteiger partial charge in [-0.3, -0.25) is 14.2 Å². The molecule has 4 rings (SSSR count). The van der Waals surface area contributed by atoms with Gasteiger partial charge in [0.25, 0.3) is 5.56 Å². The fourth-order valence-corrected chi connectivity index (χ4v) is 4.74. The van der Waals surface area contributed by atoms with Crippen molar-refractivity contribution in [2.24, 2.45) is 5.73 Å². The fraction of sp³-hybridized carbons (Fsp3) is 0.250. The van der Waals surface area contributed by atoms with Crippen molar-refractivity contribution in [3.05, 3.63) is 92.7 Å². The Balaban J connectivity index is 2.00. The van der Waals surface area contributed by atoms with Crippen LogP contribution in [-0.2, 0) is 6.54 Å². The Morgan fingerprint density at radius 3 is 2.58 bits per heavy atom. The summed E-state index contributed by atoms with van der Waals surface area (Å²) in [6.45, 7) is 6.25. The number of amides is 1. The number of carbonyl (C=O) groups is 1. The van der Waals surface area contributed by atoms with Gasteiger partial charge in [0.15, 0.2) is 0 Å². The van der Waals surface area contributed by atoms with Crippen LogP contribution in [0.3, 0.4) is 0 Å². The zero-order chi connectivity index (χ0) is 22.1. The number of aryl methyl sites for hydroxylation is 2. The highest BCUT2D eigenvalue weighted by Crippen LogP contribution is 2.31. The topological polar surface area (TPSA) is 90.9 Å². The molecule has 0 saturated heterocycles. The Bertz CT molecular complexity index is 1320. The Kier molecular flexibility index (Phi) is 5.69. The van der Waals surface area contributed by atoms with E-state index in [0.29, 0.717) is 34.6 Å². The first kappa shape index (κ1) is 20.9. The molecule has 1 unspecified atom stereocenters. The molecule has 2 heterocycles. The molecule has 0 spiro atoms. The molecular weight excluding hydrogens is 408 g/mol. The number of fused-ring (bicyclic) bond motifs is 1. The van der Waals surface area contributed by atoms with Crippen molar-refractivity contribution >= 4 is 27.7 Å². The average Bonchev–Trinajstić information content (AvgIpc) is 3.13. The maximum atomic E-state index is 13.5. The summed E-state index contributed by atoms with van der Waals surface area (Å²) in [6, 6.07) is 15.4. The predicted molar refractivity (Wildman–Crippen MR) is 124 cm³/mol. The lowest BCUT2D eigenvalue weighted by molar-refractivity contribution is 0.0999. The number of nitrogens with two attached hydrogens (primary N) is 1. The van der Waals surface area contributed by atoms with E-state index in [2.05, 4.69) is 4.37 Å².